The second kappa shape index (κ2) is 3.74. The lowest BCUT2D eigenvalue weighted by Gasteiger charge is -2.12. The molecule has 0 amide bonds. The number of nitrogens with zero attached hydrogens (tertiary/aromatic N) is 1. The minimum atomic E-state index is 0.737. The standard InChI is InChI=1S/C13H19N/c1-10-5-4-6-12(7-10)13-8-11(2)14(3)9-13/h4-7,11,13H,8-9H2,1-3H3. The number of hydrogen-bond donors (Lipinski definition) is 0. The highest BCUT2D eigenvalue weighted by Gasteiger charge is 2.26. The smallest absolute Gasteiger partial charge is 0.00704 e. The molecular formula is C13H19N. The van der Waals surface area contributed by atoms with Crippen molar-refractivity contribution < 1.29 is 0 Å². The van der Waals surface area contributed by atoms with E-state index in [1.165, 1.54) is 24.1 Å². The SMILES string of the molecule is Cc1cccc(C2CC(C)N(C)C2)c1. The highest BCUT2D eigenvalue weighted by molar-refractivity contribution is 5.26. The number of hydrogen-bond acceptors (Lipinski definition) is 1. The van der Waals surface area contributed by atoms with Crippen LogP contribution in [0, 0.1) is 6.92 Å². The van der Waals surface area contributed by atoms with Crippen LogP contribution in [-0.4, -0.2) is 24.5 Å². The molecule has 1 fully saturated rings. The summed E-state index contributed by atoms with van der Waals surface area (Å²) >= 11 is 0. The van der Waals surface area contributed by atoms with E-state index in [0.717, 1.165) is 12.0 Å². The van der Waals surface area contributed by atoms with Gasteiger partial charge in [0.05, 0.1) is 0 Å². The predicted molar refractivity (Wildman–Crippen MR) is 60.6 cm³/mol. The summed E-state index contributed by atoms with van der Waals surface area (Å²) in [6, 6.07) is 9.68. The topological polar surface area (TPSA) is 3.24 Å². The van der Waals surface area contributed by atoms with Gasteiger partial charge in [-0.15, -0.1) is 0 Å². The van der Waals surface area contributed by atoms with Crippen molar-refractivity contribution in [3.8, 4) is 0 Å². The molecule has 1 heteroatoms. The van der Waals surface area contributed by atoms with Crippen LogP contribution in [0.5, 0.6) is 0 Å². The third-order valence-electron chi connectivity index (χ3n) is 3.40. The maximum atomic E-state index is 2.45. The molecular weight excluding hydrogens is 170 g/mol. The van der Waals surface area contributed by atoms with E-state index in [9.17, 15) is 0 Å². The van der Waals surface area contributed by atoms with E-state index in [1.807, 2.05) is 0 Å². The third-order valence-corrected chi connectivity index (χ3v) is 3.40. The average Bonchev–Trinajstić information content (AvgIpc) is 2.47. The van der Waals surface area contributed by atoms with E-state index in [4.69, 9.17) is 0 Å². The van der Waals surface area contributed by atoms with Gasteiger partial charge in [0, 0.05) is 12.6 Å². The molecule has 1 nitrogen and oxygen atoms in total. The Labute approximate surface area is 86.7 Å². The quantitative estimate of drug-likeness (QED) is 0.656. The predicted octanol–water partition coefficient (Wildman–Crippen LogP) is 2.80. The first-order valence-corrected chi connectivity index (χ1v) is 5.43. The van der Waals surface area contributed by atoms with Crippen molar-refractivity contribution in [1.82, 2.24) is 4.90 Å². The maximum Gasteiger partial charge on any atom is 0.00704 e. The monoisotopic (exact) mass is 189 g/mol. The average molecular weight is 189 g/mol. The molecule has 1 aliphatic heterocycles. The lowest BCUT2D eigenvalue weighted by atomic mass is 9.95. The summed E-state index contributed by atoms with van der Waals surface area (Å²) in [5.74, 6) is 0.745. The molecule has 1 saturated heterocycles. The highest BCUT2D eigenvalue weighted by Crippen LogP contribution is 2.30. The fourth-order valence-corrected chi connectivity index (χ4v) is 2.36. The molecule has 0 aromatic heterocycles. The lowest BCUT2D eigenvalue weighted by Crippen LogP contribution is -2.21. The second-order valence-electron chi connectivity index (χ2n) is 4.64. The highest BCUT2D eigenvalue weighted by atomic mass is 15.1. The molecule has 76 valence electrons. The van der Waals surface area contributed by atoms with Crippen LogP contribution < -0.4 is 0 Å². The van der Waals surface area contributed by atoms with Gasteiger partial charge in [-0.3, -0.25) is 0 Å². The first-order valence-electron chi connectivity index (χ1n) is 5.43. The van der Waals surface area contributed by atoms with Crippen LogP contribution >= 0.6 is 0 Å². The zero-order valence-corrected chi connectivity index (χ0v) is 9.33. The molecule has 1 aromatic carbocycles. The summed E-state index contributed by atoms with van der Waals surface area (Å²) in [5, 5.41) is 0. The van der Waals surface area contributed by atoms with Crippen LogP contribution in [-0.2, 0) is 0 Å². The third kappa shape index (κ3) is 1.83. The summed E-state index contributed by atoms with van der Waals surface area (Å²) in [6.07, 6.45) is 1.31. The Morgan fingerprint density at radius 1 is 1.36 bits per heavy atom. The Kier molecular flexibility index (Phi) is 2.60. The largest absolute Gasteiger partial charge is 0.303 e. The van der Waals surface area contributed by atoms with Gasteiger partial charge in [-0.1, -0.05) is 29.8 Å². The van der Waals surface area contributed by atoms with E-state index in [-0.39, 0.29) is 0 Å². The molecule has 0 bridgehead atoms. The van der Waals surface area contributed by atoms with Crippen LogP contribution in [0.2, 0.25) is 0 Å². The molecule has 2 unspecified atom stereocenters. The van der Waals surface area contributed by atoms with E-state index >= 15 is 0 Å². The Balaban J connectivity index is 2.17. The van der Waals surface area contributed by atoms with Crippen molar-refractivity contribution in [2.75, 3.05) is 13.6 Å². The Bertz CT molecular complexity index is 309. The molecule has 2 atom stereocenters. The first-order chi connectivity index (χ1) is 6.66. The molecule has 2 rings (SSSR count). The van der Waals surface area contributed by atoms with E-state index in [0.29, 0.717) is 0 Å². The van der Waals surface area contributed by atoms with Crippen LogP contribution in [0.15, 0.2) is 24.3 Å². The summed E-state index contributed by atoms with van der Waals surface area (Å²) in [4.78, 5) is 2.45. The molecule has 0 spiro atoms. The normalized spacial score (nSPS) is 28.2. The van der Waals surface area contributed by atoms with Crippen molar-refractivity contribution in [2.45, 2.75) is 32.2 Å². The van der Waals surface area contributed by atoms with Crippen molar-refractivity contribution in [2.24, 2.45) is 0 Å². The molecule has 1 aromatic rings. The van der Waals surface area contributed by atoms with Gasteiger partial charge in [0.25, 0.3) is 0 Å². The van der Waals surface area contributed by atoms with Gasteiger partial charge in [0.1, 0.15) is 0 Å². The van der Waals surface area contributed by atoms with Gasteiger partial charge >= 0.3 is 0 Å². The number of likely N-dealkylation sites (tertiary alicyclic amines) is 1. The zero-order valence-electron chi connectivity index (χ0n) is 9.33. The van der Waals surface area contributed by atoms with Gasteiger partial charge in [0.2, 0.25) is 0 Å². The van der Waals surface area contributed by atoms with Gasteiger partial charge in [0.15, 0.2) is 0 Å². The summed E-state index contributed by atoms with van der Waals surface area (Å²) in [6.45, 7) is 5.70. The van der Waals surface area contributed by atoms with Gasteiger partial charge < -0.3 is 4.90 Å². The minimum absolute atomic E-state index is 0.737. The molecule has 0 N–H and O–H groups in total. The van der Waals surface area contributed by atoms with Gasteiger partial charge in [-0.05, 0) is 38.8 Å². The van der Waals surface area contributed by atoms with Crippen molar-refractivity contribution in [3.05, 3.63) is 35.4 Å². The number of rotatable bonds is 1. The second-order valence-corrected chi connectivity index (χ2v) is 4.64. The van der Waals surface area contributed by atoms with Gasteiger partial charge in [-0.2, -0.15) is 0 Å². The molecule has 0 aliphatic carbocycles. The van der Waals surface area contributed by atoms with E-state index in [2.05, 4.69) is 50.1 Å². The van der Waals surface area contributed by atoms with Crippen LogP contribution in [0.4, 0.5) is 0 Å². The first kappa shape index (κ1) is 9.72. The Hall–Kier alpha value is -0.820. The van der Waals surface area contributed by atoms with Crippen LogP contribution in [0.1, 0.15) is 30.4 Å². The van der Waals surface area contributed by atoms with Gasteiger partial charge in [-0.25, -0.2) is 0 Å². The fraction of sp³-hybridized carbons (Fsp3) is 0.538. The Morgan fingerprint density at radius 2 is 2.14 bits per heavy atom. The van der Waals surface area contributed by atoms with E-state index < -0.39 is 0 Å². The molecule has 1 heterocycles. The molecule has 1 aliphatic rings. The fourth-order valence-electron chi connectivity index (χ4n) is 2.36. The van der Waals surface area contributed by atoms with Crippen molar-refractivity contribution in [3.63, 3.8) is 0 Å². The number of aryl methyl sites for hydroxylation is 1. The Morgan fingerprint density at radius 3 is 2.71 bits per heavy atom. The van der Waals surface area contributed by atoms with Crippen LogP contribution in [0.3, 0.4) is 0 Å². The van der Waals surface area contributed by atoms with Crippen molar-refractivity contribution >= 4 is 0 Å². The maximum absolute atomic E-state index is 2.45. The number of benzene rings is 1. The molecule has 0 saturated carbocycles. The summed E-state index contributed by atoms with van der Waals surface area (Å²) < 4.78 is 0. The summed E-state index contributed by atoms with van der Waals surface area (Å²) in [5.41, 5.74) is 2.89. The van der Waals surface area contributed by atoms with Crippen LogP contribution in [0.25, 0.3) is 0 Å². The van der Waals surface area contributed by atoms with Crippen molar-refractivity contribution in [1.29, 1.82) is 0 Å². The lowest BCUT2D eigenvalue weighted by molar-refractivity contribution is 0.329. The molecule has 0 radical (unpaired) electrons. The number of likely N-dealkylation sites (N-methyl/N-ethyl adjacent to an activating group) is 1. The molecule has 14 heavy (non-hydrogen) atoms. The van der Waals surface area contributed by atoms with E-state index in [1.54, 1.807) is 0 Å². The summed E-state index contributed by atoms with van der Waals surface area (Å²) in [7, 11) is 2.22. The zero-order chi connectivity index (χ0) is 10.1. The minimum Gasteiger partial charge on any atom is -0.303 e.